The van der Waals surface area contributed by atoms with Gasteiger partial charge in [0.15, 0.2) is 0 Å². The zero-order valence-corrected chi connectivity index (χ0v) is 8.86. The van der Waals surface area contributed by atoms with Gasteiger partial charge in [-0.1, -0.05) is 6.08 Å². The van der Waals surface area contributed by atoms with Crippen LogP contribution in [0.25, 0.3) is 0 Å². The van der Waals surface area contributed by atoms with Crippen molar-refractivity contribution >= 4 is 5.78 Å². The molecule has 78 valence electrons. The lowest BCUT2D eigenvalue weighted by molar-refractivity contribution is 0.101. The molecular formula is C12H14N2O. The number of hydrogen-bond donors (Lipinski definition) is 0. The van der Waals surface area contributed by atoms with Crippen molar-refractivity contribution in [3.63, 3.8) is 0 Å². The Morgan fingerprint density at radius 3 is 2.60 bits per heavy atom. The second-order valence-electron chi connectivity index (χ2n) is 3.89. The average molecular weight is 202 g/mol. The van der Waals surface area contributed by atoms with Crippen LogP contribution in [0.5, 0.6) is 0 Å². The van der Waals surface area contributed by atoms with Gasteiger partial charge in [-0.05, 0) is 43.7 Å². The van der Waals surface area contributed by atoms with Gasteiger partial charge in [-0.2, -0.15) is 0 Å². The van der Waals surface area contributed by atoms with Gasteiger partial charge in [0.25, 0.3) is 0 Å². The predicted molar refractivity (Wildman–Crippen MR) is 57.7 cm³/mol. The number of ketones is 1. The van der Waals surface area contributed by atoms with Gasteiger partial charge in [-0.25, -0.2) is 9.97 Å². The Hall–Kier alpha value is -1.51. The zero-order chi connectivity index (χ0) is 10.7. The van der Waals surface area contributed by atoms with Crippen molar-refractivity contribution in [3.8, 4) is 0 Å². The summed E-state index contributed by atoms with van der Waals surface area (Å²) in [7, 11) is 0. The Bertz CT molecular complexity index is 393. The number of rotatable bonds is 2. The highest BCUT2D eigenvalue weighted by Gasteiger charge is 2.16. The smallest absolute Gasteiger partial charge is 0.225 e. The summed E-state index contributed by atoms with van der Waals surface area (Å²) >= 11 is 0. The molecule has 1 aliphatic rings. The monoisotopic (exact) mass is 202 g/mol. The summed E-state index contributed by atoms with van der Waals surface area (Å²) in [6.45, 7) is 1.91. The standard InChI is InChI=1S/C12H14N2O/c1-9-7-13-12(14-8-9)11(15)10-5-3-2-4-6-10/h5,7-8H,2-4,6H2,1H3. The molecule has 1 aliphatic carbocycles. The number of carbonyl (C=O) groups is 1. The highest BCUT2D eigenvalue weighted by atomic mass is 16.1. The molecule has 0 fully saturated rings. The van der Waals surface area contributed by atoms with Crippen LogP contribution in [0.2, 0.25) is 0 Å². The van der Waals surface area contributed by atoms with Crippen LogP contribution < -0.4 is 0 Å². The van der Waals surface area contributed by atoms with E-state index in [1.807, 2.05) is 13.0 Å². The fourth-order valence-corrected chi connectivity index (χ4v) is 1.70. The average Bonchev–Trinajstić information content (AvgIpc) is 2.30. The maximum atomic E-state index is 11.9. The van der Waals surface area contributed by atoms with E-state index in [4.69, 9.17) is 0 Å². The number of allylic oxidation sites excluding steroid dienone is 2. The summed E-state index contributed by atoms with van der Waals surface area (Å²) in [5, 5.41) is 0. The van der Waals surface area contributed by atoms with Crippen molar-refractivity contribution in [1.82, 2.24) is 9.97 Å². The van der Waals surface area contributed by atoms with Crippen LogP contribution in [-0.4, -0.2) is 15.8 Å². The molecule has 3 nitrogen and oxygen atoms in total. The molecule has 0 amide bonds. The van der Waals surface area contributed by atoms with Crippen molar-refractivity contribution in [3.05, 3.63) is 35.4 Å². The summed E-state index contributed by atoms with van der Waals surface area (Å²) in [5.74, 6) is 0.323. The molecule has 3 heteroatoms. The first kappa shape index (κ1) is 10.0. The predicted octanol–water partition coefficient (Wildman–Crippen LogP) is 2.47. The first-order valence-electron chi connectivity index (χ1n) is 5.30. The van der Waals surface area contributed by atoms with Gasteiger partial charge in [0.05, 0.1) is 0 Å². The fourth-order valence-electron chi connectivity index (χ4n) is 1.70. The molecule has 0 spiro atoms. The minimum atomic E-state index is -0.00491. The molecule has 0 aliphatic heterocycles. The van der Waals surface area contributed by atoms with Crippen molar-refractivity contribution in [1.29, 1.82) is 0 Å². The molecule has 1 heterocycles. The van der Waals surface area contributed by atoms with Gasteiger partial charge >= 0.3 is 0 Å². The van der Waals surface area contributed by atoms with E-state index in [1.165, 1.54) is 6.42 Å². The molecule has 2 rings (SSSR count). The summed E-state index contributed by atoms with van der Waals surface area (Å²) < 4.78 is 0. The van der Waals surface area contributed by atoms with E-state index in [-0.39, 0.29) is 5.78 Å². The van der Waals surface area contributed by atoms with Gasteiger partial charge in [0.2, 0.25) is 11.6 Å². The Morgan fingerprint density at radius 2 is 2.00 bits per heavy atom. The number of hydrogen-bond acceptors (Lipinski definition) is 3. The lowest BCUT2D eigenvalue weighted by Crippen LogP contribution is -2.10. The highest BCUT2D eigenvalue weighted by Crippen LogP contribution is 2.19. The van der Waals surface area contributed by atoms with Crippen LogP contribution in [0.1, 0.15) is 41.9 Å². The second kappa shape index (κ2) is 4.34. The summed E-state index contributed by atoms with van der Waals surface area (Å²) in [6, 6.07) is 0. The van der Waals surface area contributed by atoms with Crippen LogP contribution in [0, 0.1) is 6.92 Å². The number of aromatic nitrogens is 2. The van der Waals surface area contributed by atoms with Gasteiger partial charge < -0.3 is 0 Å². The molecule has 0 aromatic carbocycles. The topological polar surface area (TPSA) is 42.9 Å². The van der Waals surface area contributed by atoms with Crippen molar-refractivity contribution in [2.24, 2.45) is 0 Å². The molecule has 0 bridgehead atoms. The third-order valence-electron chi connectivity index (χ3n) is 2.57. The molecule has 15 heavy (non-hydrogen) atoms. The Kier molecular flexibility index (Phi) is 2.90. The quantitative estimate of drug-likeness (QED) is 0.692. The second-order valence-corrected chi connectivity index (χ2v) is 3.89. The fraction of sp³-hybridized carbons (Fsp3) is 0.417. The molecule has 0 atom stereocenters. The van der Waals surface area contributed by atoms with E-state index < -0.39 is 0 Å². The van der Waals surface area contributed by atoms with Crippen molar-refractivity contribution < 1.29 is 4.79 Å². The molecule has 0 saturated heterocycles. The molecular weight excluding hydrogens is 188 g/mol. The van der Waals surface area contributed by atoms with E-state index in [1.54, 1.807) is 12.4 Å². The molecule has 0 saturated carbocycles. The van der Waals surface area contributed by atoms with Gasteiger partial charge in [0, 0.05) is 12.4 Å². The number of nitrogens with zero attached hydrogens (tertiary/aromatic N) is 2. The first-order valence-corrected chi connectivity index (χ1v) is 5.30. The normalized spacial score (nSPS) is 15.9. The zero-order valence-electron chi connectivity index (χ0n) is 8.86. The van der Waals surface area contributed by atoms with Crippen LogP contribution in [-0.2, 0) is 0 Å². The number of carbonyl (C=O) groups excluding carboxylic acids is 1. The molecule has 0 unspecified atom stereocenters. The highest BCUT2D eigenvalue weighted by molar-refractivity contribution is 6.06. The summed E-state index contributed by atoms with van der Waals surface area (Å²) in [4.78, 5) is 20.0. The van der Waals surface area contributed by atoms with Crippen LogP contribution in [0.3, 0.4) is 0 Å². The molecule has 0 N–H and O–H groups in total. The Balaban J connectivity index is 2.20. The van der Waals surface area contributed by atoms with Gasteiger partial charge in [-0.15, -0.1) is 0 Å². The van der Waals surface area contributed by atoms with Crippen LogP contribution >= 0.6 is 0 Å². The van der Waals surface area contributed by atoms with E-state index in [2.05, 4.69) is 9.97 Å². The Labute approximate surface area is 89.3 Å². The van der Waals surface area contributed by atoms with Crippen LogP contribution in [0.4, 0.5) is 0 Å². The van der Waals surface area contributed by atoms with Gasteiger partial charge in [-0.3, -0.25) is 4.79 Å². The van der Waals surface area contributed by atoms with Gasteiger partial charge in [0.1, 0.15) is 0 Å². The number of aryl methyl sites for hydroxylation is 1. The molecule has 1 aromatic heterocycles. The lowest BCUT2D eigenvalue weighted by Gasteiger charge is -2.10. The van der Waals surface area contributed by atoms with Crippen LogP contribution in [0.15, 0.2) is 24.0 Å². The third kappa shape index (κ3) is 2.29. The summed E-state index contributed by atoms with van der Waals surface area (Å²) in [6.07, 6.45) is 9.56. The molecule has 1 aromatic rings. The summed E-state index contributed by atoms with van der Waals surface area (Å²) in [5.41, 5.74) is 1.86. The SMILES string of the molecule is Cc1cnc(C(=O)C2=CCCCC2)nc1. The maximum Gasteiger partial charge on any atom is 0.225 e. The van der Waals surface area contributed by atoms with Crippen molar-refractivity contribution in [2.45, 2.75) is 32.6 Å². The minimum Gasteiger partial charge on any atom is -0.285 e. The van der Waals surface area contributed by atoms with E-state index in [9.17, 15) is 4.79 Å². The van der Waals surface area contributed by atoms with E-state index in [0.29, 0.717) is 5.82 Å². The minimum absolute atomic E-state index is 0.00491. The van der Waals surface area contributed by atoms with E-state index in [0.717, 1.165) is 30.4 Å². The maximum absolute atomic E-state index is 11.9. The first-order chi connectivity index (χ1) is 7.27. The van der Waals surface area contributed by atoms with E-state index >= 15 is 0 Å². The Morgan fingerprint density at radius 1 is 1.27 bits per heavy atom. The largest absolute Gasteiger partial charge is 0.285 e. The van der Waals surface area contributed by atoms with Crippen molar-refractivity contribution in [2.75, 3.05) is 0 Å². The number of Topliss-reactive ketones (excluding diaryl/α,β-unsaturated/α-hetero) is 1. The molecule has 0 radical (unpaired) electrons. The lowest BCUT2D eigenvalue weighted by atomic mass is 9.96. The third-order valence-corrected chi connectivity index (χ3v) is 2.57.